The number of hydrogen-bond donors (Lipinski definition) is 1. The van der Waals surface area contributed by atoms with Gasteiger partial charge in [0, 0.05) is 31.1 Å². The van der Waals surface area contributed by atoms with Gasteiger partial charge < -0.3 is 4.55 Å². The Labute approximate surface area is 103 Å². The first-order valence-corrected chi connectivity index (χ1v) is 7.52. The molecule has 0 radical (unpaired) electrons. The lowest BCUT2D eigenvalue weighted by molar-refractivity contribution is 0.294. The van der Waals surface area contributed by atoms with Gasteiger partial charge >= 0.3 is 0 Å². The molecule has 0 saturated carbocycles. The Bertz CT molecular complexity index is 378. The molecule has 0 aromatic heterocycles. The minimum absolute atomic E-state index is 0.490. The third-order valence-electron chi connectivity index (χ3n) is 2.61. The van der Waals surface area contributed by atoms with E-state index in [9.17, 15) is 4.21 Å². The van der Waals surface area contributed by atoms with Crippen molar-refractivity contribution < 1.29 is 8.76 Å². The topological polar surface area (TPSA) is 40.5 Å². The van der Waals surface area contributed by atoms with Crippen LogP contribution < -0.4 is 0 Å². The maximum Gasteiger partial charge on any atom is 0.186 e. The van der Waals surface area contributed by atoms with Gasteiger partial charge in [-0.25, -0.2) is 4.21 Å². The zero-order valence-electron chi connectivity index (χ0n) is 8.96. The highest BCUT2D eigenvalue weighted by atomic mass is 32.2. The van der Waals surface area contributed by atoms with E-state index < -0.39 is 11.1 Å². The average Bonchev–Trinajstić information content (AvgIpc) is 2.30. The molecule has 16 heavy (non-hydrogen) atoms. The molecule has 0 spiro atoms. The fourth-order valence-corrected chi connectivity index (χ4v) is 3.20. The number of rotatable bonds is 3. The summed E-state index contributed by atoms with van der Waals surface area (Å²) in [4.78, 5) is 2.87. The number of nitrogens with zero attached hydrogens (tertiary/aromatic N) is 1. The predicted octanol–water partition coefficient (Wildman–Crippen LogP) is 1.82. The first kappa shape index (κ1) is 12.1. The van der Waals surface area contributed by atoms with Crippen molar-refractivity contribution in [1.82, 2.24) is 4.90 Å². The van der Waals surface area contributed by atoms with Gasteiger partial charge in [0.25, 0.3) is 0 Å². The van der Waals surface area contributed by atoms with Gasteiger partial charge in [-0.15, -0.1) is 0 Å². The third-order valence-corrected chi connectivity index (χ3v) is 4.21. The molecule has 1 atom stereocenters. The van der Waals surface area contributed by atoms with E-state index in [4.69, 9.17) is 4.55 Å². The highest BCUT2D eigenvalue weighted by Crippen LogP contribution is 2.14. The molecule has 0 amide bonds. The number of hydrogen-bond acceptors (Lipinski definition) is 3. The number of benzene rings is 1. The van der Waals surface area contributed by atoms with Crippen LogP contribution in [-0.4, -0.2) is 38.3 Å². The van der Waals surface area contributed by atoms with Crippen LogP contribution in [0, 0.1) is 0 Å². The van der Waals surface area contributed by atoms with Gasteiger partial charge in [0.1, 0.15) is 0 Å². The summed E-state index contributed by atoms with van der Waals surface area (Å²) in [5.74, 6) is 2.37. The van der Waals surface area contributed by atoms with Gasteiger partial charge in [-0.1, -0.05) is 12.1 Å². The zero-order chi connectivity index (χ0) is 11.4. The Morgan fingerprint density at radius 2 is 2.12 bits per heavy atom. The van der Waals surface area contributed by atoms with E-state index in [-0.39, 0.29) is 0 Å². The van der Waals surface area contributed by atoms with Crippen molar-refractivity contribution in [2.24, 2.45) is 0 Å². The van der Waals surface area contributed by atoms with Gasteiger partial charge in [-0.2, -0.15) is 11.8 Å². The molecule has 1 aromatic rings. The van der Waals surface area contributed by atoms with Crippen molar-refractivity contribution in [3.05, 3.63) is 29.8 Å². The summed E-state index contributed by atoms with van der Waals surface area (Å²) in [6.45, 7) is 3.10. The van der Waals surface area contributed by atoms with E-state index in [0.717, 1.165) is 25.2 Å². The predicted molar refractivity (Wildman–Crippen MR) is 68.1 cm³/mol. The Kier molecular flexibility index (Phi) is 4.40. The van der Waals surface area contributed by atoms with Crippen molar-refractivity contribution in [3.8, 4) is 0 Å². The third kappa shape index (κ3) is 3.31. The Morgan fingerprint density at radius 3 is 2.81 bits per heavy atom. The van der Waals surface area contributed by atoms with Gasteiger partial charge in [0.15, 0.2) is 11.1 Å². The molecule has 1 unspecified atom stereocenters. The molecule has 3 nitrogen and oxygen atoms in total. The van der Waals surface area contributed by atoms with E-state index in [2.05, 4.69) is 4.90 Å². The molecule has 1 aromatic carbocycles. The molecule has 1 saturated heterocycles. The van der Waals surface area contributed by atoms with Crippen LogP contribution in [-0.2, 0) is 17.6 Å². The van der Waals surface area contributed by atoms with Gasteiger partial charge in [0.2, 0.25) is 0 Å². The van der Waals surface area contributed by atoms with E-state index in [1.165, 1.54) is 11.5 Å². The summed E-state index contributed by atoms with van der Waals surface area (Å²) in [5.41, 5.74) is 1.12. The molecule has 0 bridgehead atoms. The lowest BCUT2D eigenvalue weighted by Crippen LogP contribution is -2.31. The van der Waals surface area contributed by atoms with Crippen molar-refractivity contribution in [1.29, 1.82) is 0 Å². The molecule has 0 aliphatic carbocycles. The van der Waals surface area contributed by atoms with Crippen LogP contribution in [0.25, 0.3) is 0 Å². The fourth-order valence-electron chi connectivity index (χ4n) is 1.77. The summed E-state index contributed by atoms with van der Waals surface area (Å²) >= 11 is 0.119. The molecule has 2 rings (SSSR count). The SMILES string of the molecule is O=S(O)c1cccc(CN2CCSCC2)c1. The van der Waals surface area contributed by atoms with Gasteiger partial charge in [0.05, 0.1) is 4.90 Å². The second kappa shape index (κ2) is 5.82. The maximum absolute atomic E-state index is 10.9. The standard InChI is InChI=1S/C11H15NO2S2/c13-16(14)11-3-1-2-10(8-11)9-12-4-6-15-7-5-12/h1-3,8H,4-7,9H2,(H,13,14). The molecule has 1 heterocycles. The average molecular weight is 257 g/mol. The number of thioether (sulfide) groups is 1. The molecular weight excluding hydrogens is 242 g/mol. The van der Waals surface area contributed by atoms with E-state index in [1.807, 2.05) is 30.0 Å². The van der Waals surface area contributed by atoms with Crippen LogP contribution in [0.2, 0.25) is 0 Å². The summed E-state index contributed by atoms with van der Waals surface area (Å²) < 4.78 is 19.9. The summed E-state index contributed by atoms with van der Waals surface area (Å²) in [5, 5.41) is 0. The van der Waals surface area contributed by atoms with Crippen LogP contribution in [0.3, 0.4) is 0 Å². The minimum atomic E-state index is -1.87. The van der Waals surface area contributed by atoms with Crippen LogP contribution in [0.4, 0.5) is 0 Å². The molecule has 1 aliphatic heterocycles. The Morgan fingerprint density at radius 1 is 1.38 bits per heavy atom. The summed E-state index contributed by atoms with van der Waals surface area (Å²) in [6, 6.07) is 7.36. The second-order valence-corrected chi connectivity index (χ2v) is 5.98. The molecule has 5 heteroatoms. The smallest absolute Gasteiger partial charge is 0.186 e. The van der Waals surface area contributed by atoms with E-state index >= 15 is 0 Å². The first-order valence-electron chi connectivity index (χ1n) is 5.25. The molecule has 1 N–H and O–H groups in total. The minimum Gasteiger partial charge on any atom is -0.302 e. The molecule has 1 fully saturated rings. The lowest BCUT2D eigenvalue weighted by atomic mass is 10.2. The lowest BCUT2D eigenvalue weighted by Gasteiger charge is -2.26. The highest BCUT2D eigenvalue weighted by molar-refractivity contribution is 7.99. The molecular formula is C11H15NO2S2. The Balaban J connectivity index is 2.02. The van der Waals surface area contributed by atoms with E-state index in [0.29, 0.717) is 4.90 Å². The molecule has 88 valence electrons. The van der Waals surface area contributed by atoms with Crippen molar-refractivity contribution in [3.63, 3.8) is 0 Å². The van der Waals surface area contributed by atoms with Crippen molar-refractivity contribution in [2.75, 3.05) is 24.6 Å². The van der Waals surface area contributed by atoms with Crippen LogP contribution in [0.15, 0.2) is 29.2 Å². The normalized spacial score (nSPS) is 19.6. The van der Waals surface area contributed by atoms with Crippen molar-refractivity contribution in [2.45, 2.75) is 11.4 Å². The Hall–Kier alpha value is -0.360. The highest BCUT2D eigenvalue weighted by Gasteiger charge is 2.11. The van der Waals surface area contributed by atoms with Gasteiger partial charge in [-0.05, 0) is 17.7 Å². The monoisotopic (exact) mass is 257 g/mol. The van der Waals surface area contributed by atoms with Gasteiger partial charge in [-0.3, -0.25) is 4.90 Å². The summed E-state index contributed by atoms with van der Waals surface area (Å²) in [6.07, 6.45) is 0. The molecule has 1 aliphatic rings. The van der Waals surface area contributed by atoms with Crippen LogP contribution in [0.1, 0.15) is 5.56 Å². The largest absolute Gasteiger partial charge is 0.302 e. The first-order chi connectivity index (χ1) is 7.75. The maximum atomic E-state index is 10.9. The summed E-state index contributed by atoms with van der Waals surface area (Å²) in [7, 11) is 0. The fraction of sp³-hybridized carbons (Fsp3) is 0.455. The second-order valence-electron chi connectivity index (χ2n) is 3.79. The van der Waals surface area contributed by atoms with E-state index in [1.54, 1.807) is 6.07 Å². The zero-order valence-corrected chi connectivity index (χ0v) is 10.6. The van der Waals surface area contributed by atoms with Crippen LogP contribution in [0.5, 0.6) is 0 Å². The van der Waals surface area contributed by atoms with Crippen molar-refractivity contribution >= 4 is 22.8 Å². The van der Waals surface area contributed by atoms with Crippen LogP contribution >= 0.6 is 11.8 Å². The quantitative estimate of drug-likeness (QED) is 0.839.